The Hall–Kier alpha value is -3.44. The molecule has 0 aliphatic heterocycles. The molecule has 0 radical (unpaired) electrons. The van der Waals surface area contributed by atoms with Crippen LogP contribution in [0.5, 0.6) is 0 Å². The SMILES string of the molecule is CC(=O)CC(=O)O.CC(=O)CC(=O)O.CC(=O)CC(=O)O.CC(=O)CC(=O)O.CCC(C)C. The fourth-order valence-electron chi connectivity index (χ4n) is 0.852. The Morgan fingerprint density at radius 2 is 0.606 bits per heavy atom. The van der Waals surface area contributed by atoms with Crippen molar-refractivity contribution in [2.45, 2.75) is 80.6 Å². The number of hydrogen-bond acceptors (Lipinski definition) is 8. The number of carbonyl (C=O) groups is 8. The van der Waals surface area contributed by atoms with Crippen molar-refractivity contribution in [2.24, 2.45) is 5.92 Å². The molecule has 0 aromatic heterocycles. The van der Waals surface area contributed by atoms with Crippen LogP contribution in [0.3, 0.4) is 0 Å². The van der Waals surface area contributed by atoms with Crippen LogP contribution in [0.25, 0.3) is 0 Å². The Bertz CT molecular complexity index is 496. The number of carboxylic acids is 4. The van der Waals surface area contributed by atoms with Crippen LogP contribution in [0.15, 0.2) is 0 Å². The first-order valence-electron chi connectivity index (χ1n) is 9.63. The van der Waals surface area contributed by atoms with E-state index in [1.807, 2.05) is 0 Å². The second-order valence-corrected chi connectivity index (χ2v) is 6.89. The molecule has 0 bridgehead atoms. The molecule has 4 N–H and O–H groups in total. The van der Waals surface area contributed by atoms with Gasteiger partial charge in [-0.3, -0.25) is 38.4 Å². The monoisotopic (exact) mass is 480 g/mol. The normalized spacial score (nSPS) is 8.36. The molecule has 0 spiro atoms. The van der Waals surface area contributed by atoms with E-state index >= 15 is 0 Å². The van der Waals surface area contributed by atoms with Crippen molar-refractivity contribution < 1.29 is 58.8 Å². The van der Waals surface area contributed by atoms with Crippen molar-refractivity contribution in [1.29, 1.82) is 0 Å². The average Bonchev–Trinajstić information content (AvgIpc) is 2.51. The second kappa shape index (κ2) is 26.6. The van der Waals surface area contributed by atoms with Crippen LogP contribution in [0.1, 0.15) is 80.6 Å². The zero-order chi connectivity index (χ0) is 27.7. The number of carboxylic acid groups (broad SMARTS) is 4. The second-order valence-electron chi connectivity index (χ2n) is 6.89. The third-order valence-corrected chi connectivity index (χ3v) is 2.42. The number of hydrogen-bond donors (Lipinski definition) is 4. The number of carbonyl (C=O) groups excluding carboxylic acids is 4. The molecule has 0 aromatic rings. The summed E-state index contributed by atoms with van der Waals surface area (Å²) in [4.78, 5) is 77.8. The van der Waals surface area contributed by atoms with Crippen LogP contribution >= 0.6 is 0 Å². The topological polar surface area (TPSA) is 217 Å². The number of ketones is 4. The average molecular weight is 481 g/mol. The van der Waals surface area contributed by atoms with E-state index in [2.05, 4.69) is 20.8 Å². The van der Waals surface area contributed by atoms with Crippen LogP contribution < -0.4 is 0 Å². The number of aliphatic carboxylic acids is 4. The van der Waals surface area contributed by atoms with E-state index in [0.29, 0.717) is 0 Å². The molecular formula is C21H36O12. The van der Waals surface area contributed by atoms with Gasteiger partial charge in [0.05, 0.1) is 0 Å². The van der Waals surface area contributed by atoms with Gasteiger partial charge in [-0.15, -0.1) is 0 Å². The molecule has 0 fully saturated rings. The summed E-state index contributed by atoms with van der Waals surface area (Å²) in [5, 5.41) is 31.5. The maximum Gasteiger partial charge on any atom is 0.310 e. The summed E-state index contributed by atoms with van der Waals surface area (Å²) in [6.45, 7) is 11.6. The van der Waals surface area contributed by atoms with Gasteiger partial charge < -0.3 is 20.4 Å². The predicted molar refractivity (Wildman–Crippen MR) is 117 cm³/mol. The lowest BCUT2D eigenvalue weighted by Crippen LogP contribution is -2.00. The minimum Gasteiger partial charge on any atom is -0.481 e. The highest BCUT2D eigenvalue weighted by Crippen LogP contribution is 1.93. The molecule has 192 valence electrons. The first-order chi connectivity index (χ1) is 14.8. The van der Waals surface area contributed by atoms with Gasteiger partial charge in [-0.05, 0) is 33.6 Å². The van der Waals surface area contributed by atoms with Crippen LogP contribution in [0.4, 0.5) is 0 Å². The molecule has 0 heterocycles. The van der Waals surface area contributed by atoms with Gasteiger partial charge in [0.2, 0.25) is 0 Å². The summed E-state index contributed by atoms with van der Waals surface area (Å²) in [6, 6.07) is 0. The summed E-state index contributed by atoms with van der Waals surface area (Å²) in [5.74, 6) is -4.62. The number of Topliss-reactive ketones (excluding diaryl/α,β-unsaturated/α-hetero) is 4. The summed E-state index contributed by atoms with van der Waals surface area (Å²) >= 11 is 0. The van der Waals surface area contributed by atoms with E-state index in [1.54, 1.807) is 0 Å². The molecule has 0 atom stereocenters. The van der Waals surface area contributed by atoms with Gasteiger partial charge in [0.1, 0.15) is 48.8 Å². The van der Waals surface area contributed by atoms with Crippen LogP contribution in [0, 0.1) is 5.92 Å². The number of rotatable bonds is 9. The summed E-state index contributed by atoms with van der Waals surface area (Å²) in [5.41, 5.74) is 0. The quantitative estimate of drug-likeness (QED) is 0.349. The Kier molecular flexibility index (Phi) is 32.2. The maximum absolute atomic E-state index is 9.87. The minimum absolute atomic E-state index is 0.312. The Morgan fingerprint density at radius 3 is 0.606 bits per heavy atom. The van der Waals surface area contributed by atoms with E-state index < -0.39 is 23.9 Å². The zero-order valence-electron chi connectivity index (χ0n) is 20.2. The van der Waals surface area contributed by atoms with Gasteiger partial charge in [0, 0.05) is 0 Å². The molecule has 12 nitrogen and oxygen atoms in total. The lowest BCUT2D eigenvalue weighted by atomic mass is 10.2. The molecule has 0 rings (SSSR count). The minimum atomic E-state index is -1.06. The third kappa shape index (κ3) is 95.0. The fraction of sp³-hybridized carbons (Fsp3) is 0.619. The molecule has 12 heteroatoms. The van der Waals surface area contributed by atoms with Crippen LogP contribution in [-0.2, 0) is 38.4 Å². The molecule has 0 aliphatic carbocycles. The van der Waals surface area contributed by atoms with Crippen molar-refractivity contribution in [2.75, 3.05) is 0 Å². The highest BCUT2D eigenvalue weighted by Gasteiger charge is 1.99. The highest BCUT2D eigenvalue weighted by atomic mass is 16.4. The van der Waals surface area contributed by atoms with Gasteiger partial charge in [-0.2, -0.15) is 0 Å². The molecule has 0 saturated heterocycles. The molecule has 0 aromatic carbocycles. The van der Waals surface area contributed by atoms with E-state index in [1.165, 1.54) is 34.1 Å². The summed E-state index contributed by atoms with van der Waals surface area (Å²) in [7, 11) is 0. The lowest BCUT2D eigenvalue weighted by molar-refractivity contribution is -0.141. The van der Waals surface area contributed by atoms with Gasteiger partial charge >= 0.3 is 23.9 Å². The van der Waals surface area contributed by atoms with Crippen molar-refractivity contribution in [3.63, 3.8) is 0 Å². The van der Waals surface area contributed by atoms with Gasteiger partial charge in [0.15, 0.2) is 0 Å². The summed E-state index contributed by atoms with van der Waals surface area (Å²) in [6.07, 6.45) is -0.139. The van der Waals surface area contributed by atoms with E-state index in [0.717, 1.165) is 5.92 Å². The standard InChI is InChI=1S/C5H12.4C4H6O3/c1-4-5(2)3;4*1-3(5)2-4(6)7/h5H,4H2,1-3H3;4*2H2,1H3,(H,6,7). The third-order valence-electron chi connectivity index (χ3n) is 2.42. The predicted octanol–water partition coefficient (Wildman–Crippen LogP) is 2.25. The van der Waals surface area contributed by atoms with E-state index in [4.69, 9.17) is 20.4 Å². The van der Waals surface area contributed by atoms with Crippen molar-refractivity contribution in [1.82, 2.24) is 0 Å². The largest absolute Gasteiger partial charge is 0.481 e. The van der Waals surface area contributed by atoms with Gasteiger partial charge in [-0.1, -0.05) is 27.2 Å². The molecular weight excluding hydrogens is 444 g/mol. The van der Waals surface area contributed by atoms with Gasteiger partial charge in [0.25, 0.3) is 0 Å². The Morgan fingerprint density at radius 1 is 0.485 bits per heavy atom. The van der Waals surface area contributed by atoms with Crippen LogP contribution in [0.2, 0.25) is 0 Å². The van der Waals surface area contributed by atoms with E-state index in [9.17, 15) is 38.4 Å². The smallest absolute Gasteiger partial charge is 0.310 e. The van der Waals surface area contributed by atoms with Crippen LogP contribution in [-0.4, -0.2) is 67.4 Å². The molecule has 0 amide bonds. The molecule has 33 heavy (non-hydrogen) atoms. The maximum atomic E-state index is 9.87. The van der Waals surface area contributed by atoms with Gasteiger partial charge in [-0.25, -0.2) is 0 Å². The Balaban J connectivity index is -0.0000000995. The first-order valence-corrected chi connectivity index (χ1v) is 9.63. The molecule has 0 unspecified atom stereocenters. The highest BCUT2D eigenvalue weighted by molar-refractivity contribution is 5.94. The van der Waals surface area contributed by atoms with Crippen molar-refractivity contribution in [3.05, 3.63) is 0 Å². The first kappa shape index (κ1) is 40.0. The molecule has 0 aliphatic rings. The summed E-state index contributed by atoms with van der Waals surface area (Å²) < 4.78 is 0. The molecule has 0 saturated carbocycles. The van der Waals surface area contributed by atoms with Crippen molar-refractivity contribution in [3.8, 4) is 0 Å². The lowest BCUT2D eigenvalue weighted by Gasteiger charge is -1.90. The van der Waals surface area contributed by atoms with Crippen molar-refractivity contribution >= 4 is 47.0 Å². The fourth-order valence-corrected chi connectivity index (χ4v) is 0.852. The Labute approximate surface area is 193 Å². The van der Waals surface area contributed by atoms with E-state index in [-0.39, 0.29) is 48.8 Å². The zero-order valence-corrected chi connectivity index (χ0v) is 20.2.